The van der Waals surface area contributed by atoms with Crippen LogP contribution in [0.5, 0.6) is 0 Å². The van der Waals surface area contributed by atoms with Crippen LogP contribution in [0.2, 0.25) is 0 Å². The molecule has 1 aromatic rings. The third kappa shape index (κ3) is 2.39. The molecule has 1 N–H and O–H groups in total. The number of nitrogens with zero attached hydrogens (tertiary/aromatic N) is 1. The van der Waals surface area contributed by atoms with Gasteiger partial charge >= 0.3 is 0 Å². The molecule has 76 valence electrons. The Morgan fingerprint density at radius 1 is 1.50 bits per heavy atom. The molecular weight excluding hydrogens is 200 g/mol. The van der Waals surface area contributed by atoms with Gasteiger partial charge in [0.1, 0.15) is 0 Å². The minimum absolute atomic E-state index is 0.427. The molecule has 4 heteroatoms. The van der Waals surface area contributed by atoms with Gasteiger partial charge in [-0.3, -0.25) is 4.79 Å². The fourth-order valence-corrected chi connectivity index (χ4v) is 1.44. The van der Waals surface area contributed by atoms with Crippen molar-refractivity contribution in [2.24, 2.45) is 0 Å². The van der Waals surface area contributed by atoms with Gasteiger partial charge < -0.3 is 10.2 Å². The highest BCUT2D eigenvalue weighted by Crippen LogP contribution is 2.23. The second-order valence-corrected chi connectivity index (χ2v) is 3.13. The number of halogens is 1. The quantitative estimate of drug-likeness (QED) is 0.598. The Bertz CT molecular complexity index is 304. The molecule has 0 aliphatic rings. The molecule has 0 unspecified atom stereocenters. The van der Waals surface area contributed by atoms with Gasteiger partial charge in [-0.15, -0.1) is 11.6 Å². The van der Waals surface area contributed by atoms with Crippen molar-refractivity contribution < 1.29 is 4.79 Å². The third-order valence-electron chi connectivity index (χ3n) is 1.94. The summed E-state index contributed by atoms with van der Waals surface area (Å²) in [6, 6.07) is 7.60. The monoisotopic (exact) mass is 212 g/mol. The zero-order valence-corrected chi connectivity index (χ0v) is 8.79. The van der Waals surface area contributed by atoms with E-state index in [1.807, 2.05) is 31.3 Å². The standard InChI is InChI=1S/C10H13ClN2O/c1-12-9-4-2-3-5-10(9)13(8-14)7-6-11/h2-5,8,12H,6-7H2,1H3. The van der Waals surface area contributed by atoms with Crippen molar-refractivity contribution in [2.75, 3.05) is 29.7 Å². The molecule has 14 heavy (non-hydrogen) atoms. The average molecular weight is 213 g/mol. The van der Waals surface area contributed by atoms with Crippen LogP contribution in [0.3, 0.4) is 0 Å². The molecule has 0 heterocycles. The van der Waals surface area contributed by atoms with E-state index in [1.165, 1.54) is 0 Å². The smallest absolute Gasteiger partial charge is 0.214 e. The fourth-order valence-electron chi connectivity index (χ4n) is 1.26. The molecule has 1 rings (SSSR count). The van der Waals surface area contributed by atoms with E-state index >= 15 is 0 Å². The summed E-state index contributed by atoms with van der Waals surface area (Å²) in [6.45, 7) is 0.518. The minimum atomic E-state index is 0.427. The molecular formula is C10H13ClN2O. The predicted octanol–water partition coefficient (Wildman–Crippen LogP) is 1.93. The van der Waals surface area contributed by atoms with E-state index in [0.29, 0.717) is 12.4 Å². The first-order valence-electron chi connectivity index (χ1n) is 4.38. The number of hydrogen-bond acceptors (Lipinski definition) is 2. The summed E-state index contributed by atoms with van der Waals surface area (Å²) >= 11 is 5.60. The molecule has 0 radical (unpaired) electrons. The van der Waals surface area contributed by atoms with Gasteiger partial charge in [-0.25, -0.2) is 0 Å². The van der Waals surface area contributed by atoms with Gasteiger partial charge in [-0.05, 0) is 12.1 Å². The van der Waals surface area contributed by atoms with Crippen LogP contribution < -0.4 is 10.2 Å². The number of carbonyl (C=O) groups is 1. The molecule has 0 bridgehead atoms. The minimum Gasteiger partial charge on any atom is -0.386 e. The number of alkyl halides is 1. The van der Waals surface area contributed by atoms with Crippen LogP contribution in [0, 0.1) is 0 Å². The number of nitrogens with one attached hydrogen (secondary N) is 1. The van der Waals surface area contributed by atoms with Crippen LogP contribution in [0.4, 0.5) is 11.4 Å². The van der Waals surface area contributed by atoms with Crippen molar-refractivity contribution >= 4 is 29.4 Å². The highest BCUT2D eigenvalue weighted by Gasteiger charge is 2.07. The molecule has 0 aromatic heterocycles. The first-order valence-corrected chi connectivity index (χ1v) is 4.91. The summed E-state index contributed by atoms with van der Waals surface area (Å²) < 4.78 is 0. The van der Waals surface area contributed by atoms with E-state index in [2.05, 4.69) is 5.32 Å². The SMILES string of the molecule is CNc1ccccc1N(C=O)CCCl. The second kappa shape index (κ2) is 5.50. The Morgan fingerprint density at radius 2 is 2.21 bits per heavy atom. The Morgan fingerprint density at radius 3 is 2.79 bits per heavy atom. The Balaban J connectivity index is 2.95. The highest BCUT2D eigenvalue weighted by molar-refractivity contribution is 6.18. The lowest BCUT2D eigenvalue weighted by Gasteiger charge is -2.19. The zero-order chi connectivity index (χ0) is 10.4. The molecule has 0 aliphatic carbocycles. The van der Waals surface area contributed by atoms with Gasteiger partial charge in [-0.2, -0.15) is 0 Å². The number of hydrogen-bond donors (Lipinski definition) is 1. The lowest BCUT2D eigenvalue weighted by Crippen LogP contribution is -2.24. The number of para-hydroxylation sites is 2. The lowest BCUT2D eigenvalue weighted by molar-refractivity contribution is -0.107. The molecule has 0 fully saturated rings. The Kier molecular flexibility index (Phi) is 4.26. The van der Waals surface area contributed by atoms with Gasteiger partial charge in [0.05, 0.1) is 11.4 Å². The fraction of sp³-hybridized carbons (Fsp3) is 0.300. The van der Waals surface area contributed by atoms with Crippen molar-refractivity contribution in [3.05, 3.63) is 24.3 Å². The van der Waals surface area contributed by atoms with E-state index in [0.717, 1.165) is 17.8 Å². The lowest BCUT2D eigenvalue weighted by atomic mass is 10.2. The summed E-state index contributed by atoms with van der Waals surface area (Å²) in [5.74, 6) is 0.427. The zero-order valence-electron chi connectivity index (χ0n) is 8.03. The van der Waals surface area contributed by atoms with Crippen molar-refractivity contribution in [3.8, 4) is 0 Å². The van der Waals surface area contributed by atoms with E-state index in [4.69, 9.17) is 11.6 Å². The first kappa shape index (κ1) is 10.9. The maximum absolute atomic E-state index is 10.8. The average Bonchev–Trinajstić information content (AvgIpc) is 2.26. The second-order valence-electron chi connectivity index (χ2n) is 2.75. The maximum Gasteiger partial charge on any atom is 0.214 e. The molecule has 3 nitrogen and oxygen atoms in total. The normalized spacial score (nSPS) is 9.57. The predicted molar refractivity (Wildman–Crippen MR) is 60.1 cm³/mol. The molecule has 0 saturated carbocycles. The largest absolute Gasteiger partial charge is 0.386 e. The number of amides is 1. The van der Waals surface area contributed by atoms with Gasteiger partial charge in [0.15, 0.2) is 0 Å². The van der Waals surface area contributed by atoms with Crippen LogP contribution in [-0.2, 0) is 4.79 Å². The van der Waals surface area contributed by atoms with E-state index in [1.54, 1.807) is 4.90 Å². The summed E-state index contributed by atoms with van der Waals surface area (Å²) in [6.07, 6.45) is 0.790. The van der Waals surface area contributed by atoms with Gasteiger partial charge in [0.2, 0.25) is 6.41 Å². The molecule has 1 amide bonds. The summed E-state index contributed by atoms with van der Waals surface area (Å²) in [4.78, 5) is 12.4. The van der Waals surface area contributed by atoms with Crippen molar-refractivity contribution in [3.63, 3.8) is 0 Å². The third-order valence-corrected chi connectivity index (χ3v) is 2.10. The topological polar surface area (TPSA) is 32.3 Å². The first-order chi connectivity index (χ1) is 6.83. The van der Waals surface area contributed by atoms with Crippen molar-refractivity contribution in [1.29, 1.82) is 0 Å². The van der Waals surface area contributed by atoms with Gasteiger partial charge in [0, 0.05) is 19.5 Å². The van der Waals surface area contributed by atoms with E-state index in [-0.39, 0.29) is 0 Å². The summed E-state index contributed by atoms with van der Waals surface area (Å²) in [7, 11) is 1.82. The van der Waals surface area contributed by atoms with Crippen LogP contribution in [0.15, 0.2) is 24.3 Å². The Labute approximate surface area is 88.7 Å². The summed E-state index contributed by atoms with van der Waals surface area (Å²) in [5.41, 5.74) is 1.77. The van der Waals surface area contributed by atoms with Crippen LogP contribution in [0.25, 0.3) is 0 Å². The van der Waals surface area contributed by atoms with Crippen LogP contribution >= 0.6 is 11.6 Å². The van der Waals surface area contributed by atoms with E-state index in [9.17, 15) is 4.79 Å². The maximum atomic E-state index is 10.8. The number of benzene rings is 1. The van der Waals surface area contributed by atoms with Crippen LogP contribution in [-0.4, -0.2) is 25.9 Å². The highest BCUT2D eigenvalue weighted by atomic mass is 35.5. The Hall–Kier alpha value is -1.22. The number of carbonyl (C=O) groups excluding carboxylic acids is 1. The van der Waals surface area contributed by atoms with Crippen molar-refractivity contribution in [2.45, 2.75) is 0 Å². The van der Waals surface area contributed by atoms with Gasteiger partial charge in [-0.1, -0.05) is 12.1 Å². The molecule has 0 atom stereocenters. The molecule has 0 spiro atoms. The van der Waals surface area contributed by atoms with Crippen molar-refractivity contribution in [1.82, 2.24) is 0 Å². The number of anilines is 2. The molecule has 0 aliphatic heterocycles. The molecule has 1 aromatic carbocycles. The van der Waals surface area contributed by atoms with Gasteiger partial charge in [0.25, 0.3) is 0 Å². The molecule has 0 saturated heterocycles. The number of rotatable bonds is 5. The van der Waals surface area contributed by atoms with Crippen LogP contribution in [0.1, 0.15) is 0 Å². The van der Waals surface area contributed by atoms with E-state index < -0.39 is 0 Å². The summed E-state index contributed by atoms with van der Waals surface area (Å²) in [5, 5.41) is 3.03.